The van der Waals surface area contributed by atoms with Crippen molar-refractivity contribution in [1.29, 1.82) is 0 Å². The Morgan fingerprint density at radius 3 is 0.882 bits per heavy atom. The summed E-state index contributed by atoms with van der Waals surface area (Å²) in [7, 11) is 9.75. The molecule has 0 bridgehead atoms. The monoisotopic (exact) mass is 465 g/mol. The summed E-state index contributed by atoms with van der Waals surface area (Å²) in [5, 5.41) is 33.4. The summed E-state index contributed by atoms with van der Waals surface area (Å²) >= 11 is -0.472. The molecule has 0 heterocycles. The van der Waals surface area contributed by atoms with E-state index in [1.54, 1.807) is 41.5 Å². The Morgan fingerprint density at radius 2 is 0.882 bits per heavy atom. The minimum absolute atomic E-state index is 0.472. The fourth-order valence-corrected chi connectivity index (χ4v) is 0. The van der Waals surface area contributed by atoms with Crippen molar-refractivity contribution in [3.05, 3.63) is 10.8 Å². The molecule has 0 amide bonds. The van der Waals surface area contributed by atoms with Crippen LogP contribution in [0.1, 0.15) is 41.5 Å². The van der Waals surface area contributed by atoms with Gasteiger partial charge in [0.1, 0.15) is 0 Å². The van der Waals surface area contributed by atoms with E-state index in [1.807, 2.05) is 0 Å². The van der Waals surface area contributed by atoms with Crippen LogP contribution in [0.5, 0.6) is 0 Å². The van der Waals surface area contributed by atoms with Gasteiger partial charge in [-0.3, -0.25) is 0 Å². The van der Waals surface area contributed by atoms with E-state index < -0.39 is 39.1 Å². The van der Waals surface area contributed by atoms with E-state index in [0.717, 1.165) is 0 Å². The number of hydrogen-bond donors (Lipinski definition) is 2. The van der Waals surface area contributed by atoms with Gasteiger partial charge < -0.3 is 21.0 Å². The molecule has 2 N–H and O–H groups in total. The fourth-order valence-electron chi connectivity index (χ4n) is 0. The van der Waals surface area contributed by atoms with E-state index in [4.69, 9.17) is 39.9 Å². The Kier molecular flexibility index (Phi) is 13.4. The van der Waals surface area contributed by atoms with Gasteiger partial charge in [-0.05, 0) is 22.6 Å². The zero-order chi connectivity index (χ0) is 14.9. The molecule has 0 saturated carbocycles. The topological polar surface area (TPSA) is 85.1 Å². The molecule has 0 aromatic heterocycles. The summed E-state index contributed by atoms with van der Waals surface area (Å²) in [6.45, 7) is 10.3. The molecule has 0 atom stereocenters. The third-order valence-electron chi connectivity index (χ3n) is 1.34. The Morgan fingerprint density at radius 1 is 0.824 bits per heavy atom. The van der Waals surface area contributed by atoms with Gasteiger partial charge in [0, 0.05) is 0 Å². The van der Waals surface area contributed by atoms with Gasteiger partial charge in [-0.2, -0.15) is 0 Å². The van der Waals surface area contributed by atoms with Crippen LogP contribution in [0.3, 0.4) is 0 Å². The first-order chi connectivity index (χ1) is 7.30. The van der Waals surface area contributed by atoms with Crippen LogP contribution >= 0.6 is 18.8 Å². The molecule has 0 aromatic rings. The summed E-state index contributed by atoms with van der Waals surface area (Å²) < 4.78 is 0. The molecule has 106 valence electrons. The predicted octanol–water partition coefficient (Wildman–Crippen LogP) is 4.49. The van der Waals surface area contributed by atoms with Gasteiger partial charge in [0.2, 0.25) is 0 Å². The summed E-state index contributed by atoms with van der Waals surface area (Å²) in [6.07, 6.45) is 0. The predicted molar refractivity (Wildman–Crippen MR) is 72.6 cm³/mol. The van der Waals surface area contributed by atoms with Crippen molar-refractivity contribution in [2.24, 2.45) is 10.8 Å². The molecule has 0 aliphatic carbocycles. The third-order valence-corrected chi connectivity index (χ3v) is 1.34. The average molecular weight is 466 g/mol. The number of aliphatic hydroxyl groups excluding tert-OH is 2. The summed E-state index contributed by atoms with van der Waals surface area (Å²) in [5.74, 6) is -1.01. The summed E-state index contributed by atoms with van der Waals surface area (Å²) in [4.78, 5) is 0. The van der Waals surface area contributed by atoms with E-state index in [0.29, 0.717) is 0 Å². The normalized spacial score (nSPS) is 10.6. The van der Waals surface area contributed by atoms with Crippen molar-refractivity contribution in [3.63, 3.8) is 0 Å². The van der Waals surface area contributed by atoms with Crippen LogP contribution in [-0.2, 0) is 16.5 Å². The van der Waals surface area contributed by atoms with E-state index in [2.05, 4.69) is 0 Å². The van der Waals surface area contributed by atoms with E-state index in [-0.39, 0.29) is 0 Å². The van der Waals surface area contributed by atoms with E-state index in [9.17, 15) is 0 Å². The summed E-state index contributed by atoms with van der Waals surface area (Å²) in [6, 6.07) is 0. The molecular weight excluding hydrogens is 446 g/mol. The average Bonchev–Trinajstić information content (AvgIpc) is 2.02. The van der Waals surface area contributed by atoms with Crippen molar-refractivity contribution < 1.29 is 26.7 Å². The molecule has 0 unspecified atom stereocenters. The Hall–Kier alpha value is 0.208. The molecule has 17 heavy (non-hydrogen) atoms. The van der Waals surface area contributed by atoms with Crippen molar-refractivity contribution >= 4 is 30.6 Å². The zero-order valence-electron chi connectivity index (χ0n) is 10.9. The van der Waals surface area contributed by atoms with Gasteiger partial charge in [0.05, 0.1) is 0 Å². The van der Waals surface area contributed by atoms with Crippen LogP contribution in [0, 0.1) is 10.8 Å². The molecule has 4 nitrogen and oxygen atoms in total. The third kappa shape index (κ3) is 22.0. The van der Waals surface area contributed by atoms with Crippen LogP contribution in [-0.4, -0.2) is 22.0 Å². The number of nitrogens with zero attached hydrogens (tertiary/aromatic N) is 2. The van der Waals surface area contributed by atoms with E-state index >= 15 is 0 Å². The van der Waals surface area contributed by atoms with E-state index in [1.165, 1.54) is 0 Å². The number of halogens is 2. The van der Waals surface area contributed by atoms with Crippen molar-refractivity contribution in [1.82, 2.24) is 0 Å². The second-order valence-corrected chi connectivity index (χ2v) is 8.48. The number of rotatable bonds is 0. The maximum absolute atomic E-state index is 8.36. The van der Waals surface area contributed by atoms with Gasteiger partial charge in [0.25, 0.3) is 0 Å². The second kappa shape index (κ2) is 10.2. The molecule has 0 spiro atoms. The minimum atomic E-state index is -0.507. The maximum atomic E-state index is 8.36. The Balaban J connectivity index is -0.000000188. The zero-order valence-corrected chi connectivity index (χ0v) is 14.6. The van der Waals surface area contributed by atoms with Gasteiger partial charge in [-0.25, -0.2) is 0 Å². The Labute approximate surface area is 120 Å². The van der Waals surface area contributed by atoms with Crippen LogP contribution < -0.4 is 0 Å². The van der Waals surface area contributed by atoms with Gasteiger partial charge in [-0.1, -0.05) is 41.5 Å². The first-order valence-corrected chi connectivity index (χ1v) is 10.3. The van der Waals surface area contributed by atoms with Crippen LogP contribution in [0.4, 0.5) is 0 Å². The molecule has 0 aliphatic heterocycles. The number of aliphatic hydroxyl groups is 2. The standard InChI is InChI=1S/2C5H10NO.2ClH.Pt/c2*1-5(2,3)4(6)7;;;/h2*1-3H3,(H-,6,7);2*1H;/q2*-1;;;+4/p-2. The van der Waals surface area contributed by atoms with Gasteiger partial charge in [-0.15, -0.1) is 0 Å². The quantitative estimate of drug-likeness (QED) is 0.407. The van der Waals surface area contributed by atoms with Crippen molar-refractivity contribution in [2.45, 2.75) is 41.5 Å². The van der Waals surface area contributed by atoms with Crippen LogP contribution in [0.15, 0.2) is 0 Å². The SMILES string of the molecule is CC(C)(C)C(=[N-])O.CC(C)(C)C(=[N-])O.[Cl][Pt+2][Cl]. The fraction of sp³-hybridized carbons (Fsp3) is 0.800. The van der Waals surface area contributed by atoms with Crippen LogP contribution in [0.25, 0.3) is 10.8 Å². The molecule has 0 rings (SSSR count). The first-order valence-electron chi connectivity index (χ1n) is 4.63. The first kappa shape index (κ1) is 22.4. The van der Waals surface area contributed by atoms with Gasteiger partial charge in [0.15, 0.2) is 0 Å². The van der Waals surface area contributed by atoms with Crippen molar-refractivity contribution in [3.8, 4) is 0 Å². The molecule has 0 radical (unpaired) electrons. The molecular formula is C10H20Cl2N2O2Pt. The molecule has 0 aliphatic rings. The van der Waals surface area contributed by atoms with Crippen molar-refractivity contribution in [2.75, 3.05) is 0 Å². The Bertz CT molecular complexity index is 211. The number of hydrogen-bond acceptors (Lipinski definition) is 0. The molecule has 0 fully saturated rings. The van der Waals surface area contributed by atoms with Gasteiger partial charge >= 0.3 is 35.3 Å². The molecule has 7 heteroatoms. The van der Waals surface area contributed by atoms with Crippen LogP contribution in [0.2, 0.25) is 0 Å². The molecule has 0 saturated heterocycles. The second-order valence-electron chi connectivity index (χ2n) is 5.19. The summed E-state index contributed by atoms with van der Waals surface area (Å²) in [5.41, 5.74) is -0.944. The molecule has 0 aromatic carbocycles.